The van der Waals surface area contributed by atoms with Crippen molar-refractivity contribution in [2.24, 2.45) is 11.8 Å². The third-order valence-corrected chi connectivity index (χ3v) is 7.43. The second-order valence-electron chi connectivity index (χ2n) is 9.65. The molecule has 0 radical (unpaired) electrons. The van der Waals surface area contributed by atoms with E-state index in [0.29, 0.717) is 5.56 Å². The van der Waals surface area contributed by atoms with Gasteiger partial charge in [-0.15, -0.1) is 0 Å². The Morgan fingerprint density at radius 3 is 2.46 bits per heavy atom. The van der Waals surface area contributed by atoms with Gasteiger partial charge in [0.15, 0.2) is 11.9 Å². The van der Waals surface area contributed by atoms with E-state index >= 15 is 0 Å². The fraction of sp³-hybridized carbons (Fsp3) is 0.462. The van der Waals surface area contributed by atoms with Gasteiger partial charge in [0, 0.05) is 5.92 Å². The number of fused-ring (bicyclic) bond motifs is 2. The molecular formula is C26H28O13. The zero-order chi connectivity index (χ0) is 28.1. The van der Waals surface area contributed by atoms with Crippen LogP contribution < -0.4 is 0 Å². The standard InChI is InChI=1S/C26H28O13/c1-35-22(33)15-10-36-24(38-25-20(31)19(30)18(29)16(9-27)37-25)17-13(15)6-7-26(17)21(32)14(23(34)39-26)8-11-2-4-12(28)5-3-11/h2-8,10,13,16-21,24-25,27-32H,9H2,1H3/b14-8+/t13-,16-,17-,18-,19+,20-,21-,24+,25+,26+/m1/s1. The van der Waals surface area contributed by atoms with E-state index in [1.165, 1.54) is 43.5 Å². The number of esters is 2. The number of hydrogen-bond donors (Lipinski definition) is 6. The zero-order valence-electron chi connectivity index (χ0n) is 20.6. The summed E-state index contributed by atoms with van der Waals surface area (Å²) < 4.78 is 27.5. The quantitative estimate of drug-likeness (QED) is 0.141. The van der Waals surface area contributed by atoms with Crippen LogP contribution in [0.1, 0.15) is 5.56 Å². The molecule has 13 nitrogen and oxygen atoms in total. The second-order valence-corrected chi connectivity index (χ2v) is 9.65. The largest absolute Gasteiger partial charge is 0.508 e. The molecule has 6 N–H and O–H groups in total. The number of rotatable bonds is 5. The van der Waals surface area contributed by atoms with E-state index in [0.717, 1.165) is 6.26 Å². The van der Waals surface area contributed by atoms with Gasteiger partial charge in [0.05, 0.1) is 37.0 Å². The first-order valence-corrected chi connectivity index (χ1v) is 12.1. The molecule has 3 heterocycles. The number of phenolic OH excluding ortho intramolecular Hbond substituents is 1. The van der Waals surface area contributed by atoms with Gasteiger partial charge in [-0.2, -0.15) is 0 Å². The number of hydrogen-bond acceptors (Lipinski definition) is 13. The summed E-state index contributed by atoms with van der Waals surface area (Å²) in [5, 5.41) is 61.2. The monoisotopic (exact) mass is 548 g/mol. The molecule has 39 heavy (non-hydrogen) atoms. The highest BCUT2D eigenvalue weighted by Crippen LogP contribution is 2.53. The SMILES string of the molecule is COC(=O)C1=CO[C@@H](O[C@@H]2O[C@H](CO)[C@@H](O)[C@H](O)[C@H]2O)[C@H]2[C@@H]1C=C[C@]21OC(=O)/C(=C/c2ccc(O)cc2)[C@H]1O. The number of aromatic hydroxyl groups is 1. The van der Waals surface area contributed by atoms with E-state index in [4.69, 9.17) is 23.7 Å². The molecule has 0 saturated carbocycles. The number of aliphatic hydroxyl groups is 5. The molecule has 1 aliphatic carbocycles. The van der Waals surface area contributed by atoms with Gasteiger partial charge in [-0.05, 0) is 29.8 Å². The Bertz CT molecular complexity index is 1200. The molecule has 1 spiro atoms. The first kappa shape index (κ1) is 27.3. The number of ether oxygens (including phenoxy) is 5. The van der Waals surface area contributed by atoms with Crippen LogP contribution in [-0.4, -0.2) is 105 Å². The third-order valence-electron chi connectivity index (χ3n) is 7.43. The summed E-state index contributed by atoms with van der Waals surface area (Å²) in [5.41, 5.74) is -1.34. The molecule has 210 valence electrons. The Labute approximate surface area is 221 Å². The second kappa shape index (κ2) is 10.4. The van der Waals surface area contributed by atoms with Crippen molar-refractivity contribution in [1.82, 2.24) is 0 Å². The van der Waals surface area contributed by atoms with Crippen LogP contribution in [0.25, 0.3) is 6.08 Å². The number of phenols is 1. The van der Waals surface area contributed by atoms with Crippen LogP contribution in [0.15, 0.2) is 53.8 Å². The average Bonchev–Trinajstić information content (AvgIpc) is 3.43. The first-order chi connectivity index (χ1) is 18.6. The van der Waals surface area contributed by atoms with Crippen molar-refractivity contribution >= 4 is 18.0 Å². The minimum Gasteiger partial charge on any atom is -0.508 e. The molecule has 4 aliphatic rings. The van der Waals surface area contributed by atoms with Crippen LogP contribution in [0.5, 0.6) is 5.75 Å². The number of allylic oxidation sites excluding steroid dienone is 1. The van der Waals surface area contributed by atoms with Crippen LogP contribution in [0, 0.1) is 11.8 Å². The average molecular weight is 548 g/mol. The molecule has 5 rings (SSSR count). The van der Waals surface area contributed by atoms with Gasteiger partial charge in [0.1, 0.15) is 36.3 Å². The maximum atomic E-state index is 13.0. The number of carbonyl (C=O) groups is 2. The minimum absolute atomic E-state index is 0.0133. The van der Waals surface area contributed by atoms with Crippen molar-refractivity contribution in [2.75, 3.05) is 13.7 Å². The van der Waals surface area contributed by atoms with Crippen LogP contribution in [0.3, 0.4) is 0 Å². The van der Waals surface area contributed by atoms with Gasteiger partial charge < -0.3 is 54.3 Å². The van der Waals surface area contributed by atoms with E-state index in [2.05, 4.69) is 0 Å². The molecule has 0 unspecified atom stereocenters. The van der Waals surface area contributed by atoms with E-state index in [1.807, 2.05) is 0 Å². The van der Waals surface area contributed by atoms with Crippen molar-refractivity contribution in [1.29, 1.82) is 0 Å². The molecule has 13 heteroatoms. The molecule has 0 bridgehead atoms. The summed E-state index contributed by atoms with van der Waals surface area (Å²) >= 11 is 0. The van der Waals surface area contributed by atoms with Gasteiger partial charge in [-0.1, -0.05) is 18.2 Å². The summed E-state index contributed by atoms with van der Waals surface area (Å²) in [6, 6.07) is 5.89. The van der Waals surface area contributed by atoms with Crippen molar-refractivity contribution in [3.63, 3.8) is 0 Å². The maximum absolute atomic E-state index is 13.0. The molecule has 0 aromatic heterocycles. The lowest BCUT2D eigenvalue weighted by molar-refractivity contribution is -0.346. The summed E-state index contributed by atoms with van der Waals surface area (Å²) in [6.45, 7) is -0.692. The van der Waals surface area contributed by atoms with Crippen LogP contribution >= 0.6 is 0 Å². The van der Waals surface area contributed by atoms with Gasteiger partial charge in [-0.3, -0.25) is 0 Å². The van der Waals surface area contributed by atoms with E-state index in [-0.39, 0.29) is 16.9 Å². The van der Waals surface area contributed by atoms with Gasteiger partial charge in [0.25, 0.3) is 0 Å². The molecule has 2 saturated heterocycles. The Morgan fingerprint density at radius 2 is 1.79 bits per heavy atom. The molecule has 0 amide bonds. The van der Waals surface area contributed by atoms with Crippen LogP contribution in [0.4, 0.5) is 0 Å². The topological polar surface area (TPSA) is 202 Å². The number of methoxy groups -OCH3 is 1. The molecule has 3 aliphatic heterocycles. The zero-order valence-corrected chi connectivity index (χ0v) is 20.6. The Balaban J connectivity index is 1.50. The smallest absolute Gasteiger partial charge is 0.337 e. The van der Waals surface area contributed by atoms with E-state index < -0.39 is 79.1 Å². The lowest BCUT2D eigenvalue weighted by Crippen LogP contribution is -2.61. The van der Waals surface area contributed by atoms with Gasteiger partial charge >= 0.3 is 11.9 Å². The van der Waals surface area contributed by atoms with Gasteiger partial charge in [0.2, 0.25) is 6.29 Å². The van der Waals surface area contributed by atoms with Crippen LogP contribution in [0.2, 0.25) is 0 Å². The fourth-order valence-electron chi connectivity index (χ4n) is 5.37. The van der Waals surface area contributed by atoms with Crippen molar-refractivity contribution in [2.45, 2.75) is 48.7 Å². The van der Waals surface area contributed by atoms with Crippen molar-refractivity contribution in [3.05, 3.63) is 59.4 Å². The number of benzene rings is 1. The molecule has 1 aromatic rings. The molecule has 2 fully saturated rings. The van der Waals surface area contributed by atoms with E-state index in [9.17, 15) is 40.2 Å². The summed E-state index contributed by atoms with van der Waals surface area (Å²) in [7, 11) is 1.17. The lowest BCUT2D eigenvalue weighted by Gasteiger charge is -2.45. The summed E-state index contributed by atoms with van der Waals surface area (Å²) in [4.78, 5) is 25.5. The highest BCUT2D eigenvalue weighted by molar-refractivity contribution is 5.98. The van der Waals surface area contributed by atoms with Gasteiger partial charge in [-0.25, -0.2) is 9.59 Å². The third kappa shape index (κ3) is 4.51. The summed E-state index contributed by atoms with van der Waals surface area (Å²) in [5.74, 6) is -3.51. The minimum atomic E-state index is -1.78. The normalized spacial score (nSPS) is 40.3. The maximum Gasteiger partial charge on any atom is 0.337 e. The Kier molecular flexibility index (Phi) is 7.24. The van der Waals surface area contributed by atoms with E-state index in [1.54, 1.807) is 6.08 Å². The van der Waals surface area contributed by atoms with Crippen molar-refractivity contribution < 1.29 is 63.9 Å². The molecule has 1 aromatic carbocycles. The predicted octanol–water partition coefficient (Wildman–Crippen LogP) is -1.54. The fourth-order valence-corrected chi connectivity index (χ4v) is 5.37. The summed E-state index contributed by atoms with van der Waals surface area (Å²) in [6.07, 6.45) is -5.52. The Morgan fingerprint density at radius 1 is 1.08 bits per heavy atom. The lowest BCUT2D eigenvalue weighted by atomic mass is 9.76. The molecule has 10 atom stereocenters. The van der Waals surface area contributed by atoms with Crippen LogP contribution in [-0.2, 0) is 33.3 Å². The van der Waals surface area contributed by atoms with Crippen molar-refractivity contribution in [3.8, 4) is 5.75 Å². The highest BCUT2D eigenvalue weighted by Gasteiger charge is 2.65. The number of carbonyl (C=O) groups excluding carboxylic acids is 2. The Hall–Kier alpha value is -3.30. The molecular weight excluding hydrogens is 520 g/mol. The number of aliphatic hydroxyl groups excluding tert-OH is 5. The predicted molar refractivity (Wildman–Crippen MR) is 127 cm³/mol. The first-order valence-electron chi connectivity index (χ1n) is 12.1. The highest BCUT2D eigenvalue weighted by atomic mass is 16.8.